The predicted molar refractivity (Wildman–Crippen MR) is 144 cm³/mol. The zero-order chi connectivity index (χ0) is 24.2. The molecule has 0 saturated heterocycles. The summed E-state index contributed by atoms with van der Waals surface area (Å²) >= 11 is 0. The second kappa shape index (κ2) is 10.4. The molecule has 4 N–H and O–H groups in total. The van der Waals surface area contributed by atoms with Crippen molar-refractivity contribution in [2.45, 2.75) is 64.5 Å². The summed E-state index contributed by atoms with van der Waals surface area (Å²) in [6, 6.07) is 11.1. The average Bonchev–Trinajstić information content (AvgIpc) is 3.55. The lowest BCUT2D eigenvalue weighted by Crippen LogP contribution is -2.16. The lowest BCUT2D eigenvalue weighted by molar-refractivity contribution is 0.489. The number of H-pyrrole nitrogens is 1. The van der Waals surface area contributed by atoms with Crippen molar-refractivity contribution in [3.8, 4) is 11.4 Å². The maximum absolute atomic E-state index is 6.38. The fourth-order valence-corrected chi connectivity index (χ4v) is 5.38. The van der Waals surface area contributed by atoms with E-state index in [1.165, 1.54) is 28.8 Å². The minimum atomic E-state index is 0.332. The molecule has 1 unspecified atom stereocenters. The Kier molecular flexibility index (Phi) is 6.89. The smallest absolute Gasteiger partial charge is 0.146 e. The Morgan fingerprint density at radius 2 is 2.17 bits per heavy atom. The first kappa shape index (κ1) is 23.2. The number of hydrogen-bond acceptors (Lipinski definition) is 4. The SMILES string of the molecule is C=CNCCC(CCCCc1cccc(C)c1)c1nc(-c2cc3c([nH]2)C=CCC3)c2n1CN=C2N. The van der Waals surface area contributed by atoms with Crippen molar-refractivity contribution < 1.29 is 0 Å². The summed E-state index contributed by atoms with van der Waals surface area (Å²) < 4.78 is 2.24. The molecular formula is C29H36N6. The van der Waals surface area contributed by atoms with E-state index in [1.54, 1.807) is 6.20 Å². The average molecular weight is 469 g/mol. The molecule has 0 amide bonds. The van der Waals surface area contributed by atoms with Gasteiger partial charge in [0.05, 0.1) is 5.69 Å². The minimum Gasteiger partial charge on any atom is -0.391 e. The number of benzene rings is 1. The van der Waals surface area contributed by atoms with Gasteiger partial charge in [0.15, 0.2) is 0 Å². The molecule has 3 aromatic rings. The van der Waals surface area contributed by atoms with Crippen LogP contribution in [0.2, 0.25) is 0 Å². The van der Waals surface area contributed by atoms with Gasteiger partial charge >= 0.3 is 0 Å². The topological polar surface area (TPSA) is 84.0 Å². The third-order valence-electron chi connectivity index (χ3n) is 7.17. The lowest BCUT2D eigenvalue weighted by atomic mass is 9.95. The summed E-state index contributed by atoms with van der Waals surface area (Å²) in [5, 5.41) is 3.28. The van der Waals surface area contributed by atoms with Crippen LogP contribution in [-0.4, -0.2) is 26.9 Å². The van der Waals surface area contributed by atoms with Gasteiger partial charge in [-0.05, 0) is 74.9 Å². The van der Waals surface area contributed by atoms with Crippen LogP contribution in [0.15, 0.2) is 54.2 Å². The van der Waals surface area contributed by atoms with Gasteiger partial charge in [0.2, 0.25) is 0 Å². The molecular weight excluding hydrogens is 432 g/mol. The number of aromatic nitrogens is 3. The number of fused-ring (bicyclic) bond motifs is 2. The number of aliphatic imine (C=N–C) groups is 1. The second-order valence-corrected chi connectivity index (χ2v) is 9.72. The number of aryl methyl sites for hydroxylation is 3. The number of hydrogen-bond donors (Lipinski definition) is 3. The number of unbranched alkanes of at least 4 members (excludes halogenated alkanes) is 1. The van der Waals surface area contributed by atoms with Crippen molar-refractivity contribution in [1.82, 2.24) is 19.9 Å². The largest absolute Gasteiger partial charge is 0.391 e. The van der Waals surface area contributed by atoms with Crippen LogP contribution in [0.3, 0.4) is 0 Å². The normalized spacial score (nSPS) is 14.9. The molecule has 6 nitrogen and oxygen atoms in total. The van der Waals surface area contributed by atoms with Crippen LogP contribution in [0.4, 0.5) is 0 Å². The highest BCUT2D eigenvalue weighted by Gasteiger charge is 2.29. The zero-order valence-corrected chi connectivity index (χ0v) is 20.7. The summed E-state index contributed by atoms with van der Waals surface area (Å²) in [6.45, 7) is 7.40. The van der Waals surface area contributed by atoms with Crippen molar-refractivity contribution in [2.24, 2.45) is 10.7 Å². The Bertz CT molecular complexity index is 1260. The monoisotopic (exact) mass is 468 g/mol. The number of nitrogens with two attached hydrogens (primary N) is 1. The van der Waals surface area contributed by atoms with Crippen LogP contribution in [0, 0.1) is 6.92 Å². The molecule has 0 saturated carbocycles. The molecule has 0 fully saturated rings. The van der Waals surface area contributed by atoms with E-state index in [4.69, 9.17) is 10.7 Å². The van der Waals surface area contributed by atoms with Crippen LogP contribution in [0.25, 0.3) is 17.5 Å². The first-order valence-electron chi connectivity index (χ1n) is 12.8. The standard InChI is InChI=1S/C29H36N6/c1-3-31-16-15-22(12-5-4-10-21-11-8-9-20(2)17-21)29-34-26(27-28(30)32-19-35(27)29)25-18-23-13-6-7-14-24(23)33-25/h3,7-9,11,14,17-18,22,31,33H,1,4-6,10,12-13,15-16,19H2,2H3,(H2,30,32). The summed E-state index contributed by atoms with van der Waals surface area (Å²) in [5.41, 5.74) is 14.6. The lowest BCUT2D eigenvalue weighted by Gasteiger charge is -2.17. The molecule has 0 spiro atoms. The van der Waals surface area contributed by atoms with E-state index in [0.29, 0.717) is 18.4 Å². The molecule has 1 aliphatic carbocycles. The van der Waals surface area contributed by atoms with E-state index in [0.717, 1.165) is 68.0 Å². The Balaban J connectivity index is 1.37. The zero-order valence-electron chi connectivity index (χ0n) is 20.7. The van der Waals surface area contributed by atoms with Crippen molar-refractivity contribution in [3.05, 3.63) is 83.1 Å². The van der Waals surface area contributed by atoms with Crippen LogP contribution in [0.5, 0.6) is 0 Å². The molecule has 0 bridgehead atoms. The maximum Gasteiger partial charge on any atom is 0.146 e. The van der Waals surface area contributed by atoms with Gasteiger partial charge in [-0.25, -0.2) is 9.98 Å². The molecule has 1 aromatic carbocycles. The third kappa shape index (κ3) is 4.97. The van der Waals surface area contributed by atoms with Crippen LogP contribution < -0.4 is 11.1 Å². The van der Waals surface area contributed by atoms with E-state index in [-0.39, 0.29) is 0 Å². The number of allylic oxidation sites excluding steroid dienone is 1. The molecule has 5 rings (SSSR count). The molecule has 6 heteroatoms. The maximum atomic E-state index is 6.38. The van der Waals surface area contributed by atoms with Gasteiger partial charge in [-0.2, -0.15) is 0 Å². The van der Waals surface area contributed by atoms with E-state index < -0.39 is 0 Å². The predicted octanol–water partition coefficient (Wildman–Crippen LogP) is 5.44. The second-order valence-electron chi connectivity index (χ2n) is 9.72. The first-order chi connectivity index (χ1) is 17.1. The minimum absolute atomic E-state index is 0.332. The van der Waals surface area contributed by atoms with Crippen molar-refractivity contribution in [3.63, 3.8) is 0 Å². The molecule has 182 valence electrons. The highest BCUT2D eigenvalue weighted by Crippen LogP contribution is 2.35. The fraction of sp³-hybridized carbons (Fsp3) is 0.379. The number of nitrogens with one attached hydrogen (secondary N) is 2. The number of imidazole rings is 1. The van der Waals surface area contributed by atoms with Crippen LogP contribution in [-0.2, 0) is 19.5 Å². The van der Waals surface area contributed by atoms with Gasteiger partial charge in [-0.1, -0.05) is 48.9 Å². The Labute approximate surface area is 208 Å². The number of amidine groups is 1. The van der Waals surface area contributed by atoms with Gasteiger partial charge in [0.25, 0.3) is 0 Å². The quantitative estimate of drug-likeness (QED) is 0.328. The van der Waals surface area contributed by atoms with Crippen LogP contribution in [0.1, 0.15) is 71.9 Å². The Hall–Kier alpha value is -3.54. The van der Waals surface area contributed by atoms with E-state index in [9.17, 15) is 0 Å². The van der Waals surface area contributed by atoms with Gasteiger partial charge in [-0.3, -0.25) is 0 Å². The fourth-order valence-electron chi connectivity index (χ4n) is 5.38. The van der Waals surface area contributed by atoms with E-state index in [1.807, 2.05) is 0 Å². The van der Waals surface area contributed by atoms with Crippen LogP contribution >= 0.6 is 0 Å². The first-order valence-corrected chi connectivity index (χ1v) is 12.8. The van der Waals surface area contributed by atoms with Crippen molar-refractivity contribution >= 4 is 11.9 Å². The molecule has 1 aliphatic heterocycles. The van der Waals surface area contributed by atoms with Gasteiger partial charge in [-0.15, -0.1) is 0 Å². The highest BCUT2D eigenvalue weighted by molar-refractivity contribution is 6.02. The van der Waals surface area contributed by atoms with E-state index in [2.05, 4.69) is 75.8 Å². The van der Waals surface area contributed by atoms with Gasteiger partial charge < -0.3 is 20.6 Å². The van der Waals surface area contributed by atoms with Gasteiger partial charge in [0, 0.05) is 18.2 Å². The Morgan fingerprint density at radius 1 is 1.26 bits per heavy atom. The summed E-state index contributed by atoms with van der Waals surface area (Å²) in [7, 11) is 0. The van der Waals surface area contributed by atoms with Crippen molar-refractivity contribution in [2.75, 3.05) is 6.54 Å². The molecule has 3 heterocycles. The summed E-state index contributed by atoms with van der Waals surface area (Å²) in [5.74, 6) is 2.02. The van der Waals surface area contributed by atoms with Crippen molar-refractivity contribution in [1.29, 1.82) is 0 Å². The number of nitrogens with zero attached hydrogens (tertiary/aromatic N) is 3. The number of rotatable bonds is 11. The molecule has 0 radical (unpaired) electrons. The summed E-state index contributed by atoms with van der Waals surface area (Å²) in [4.78, 5) is 13.4. The molecule has 2 aliphatic rings. The summed E-state index contributed by atoms with van der Waals surface area (Å²) in [6.07, 6.45) is 13.8. The molecule has 35 heavy (non-hydrogen) atoms. The molecule has 1 atom stereocenters. The third-order valence-corrected chi connectivity index (χ3v) is 7.17. The van der Waals surface area contributed by atoms with Gasteiger partial charge in [0.1, 0.15) is 29.7 Å². The Morgan fingerprint density at radius 3 is 3.00 bits per heavy atom. The highest BCUT2D eigenvalue weighted by atomic mass is 15.2. The molecule has 2 aromatic heterocycles. The van der Waals surface area contributed by atoms with E-state index >= 15 is 0 Å². The number of aromatic amines is 1.